The van der Waals surface area contributed by atoms with E-state index in [0.29, 0.717) is 17.7 Å². The van der Waals surface area contributed by atoms with Gasteiger partial charge in [0.15, 0.2) is 5.78 Å². The second-order valence-electron chi connectivity index (χ2n) is 4.58. The number of ketones is 1. The fraction of sp³-hybridized carbons (Fsp3) is 0.125. The molecule has 1 atom stereocenters. The Labute approximate surface area is 119 Å². The van der Waals surface area contributed by atoms with Crippen LogP contribution in [0.25, 0.3) is 0 Å². The fourth-order valence-electron chi connectivity index (χ4n) is 1.97. The molecule has 0 aliphatic carbocycles. The lowest BCUT2D eigenvalue weighted by atomic mass is 9.91. The van der Waals surface area contributed by atoms with Crippen molar-refractivity contribution in [3.63, 3.8) is 0 Å². The van der Waals surface area contributed by atoms with Crippen molar-refractivity contribution in [1.29, 1.82) is 5.26 Å². The molecule has 0 aliphatic rings. The lowest BCUT2D eigenvalue weighted by molar-refractivity contribution is 0.0970. The van der Waals surface area contributed by atoms with E-state index in [1.165, 1.54) is 0 Å². The third-order valence-electron chi connectivity index (χ3n) is 3.06. The van der Waals surface area contributed by atoms with E-state index in [1.54, 1.807) is 30.3 Å². The molecular formula is C16H10F3NO. The van der Waals surface area contributed by atoms with E-state index in [-0.39, 0.29) is 0 Å². The standard InChI is InChI=1S/C16H10F3NO/c1-9-2-4-10(5-3-9)12(8-20)16(21)15-13(18)6-11(17)7-14(15)19/h2-7,12H,1H3. The zero-order valence-electron chi connectivity index (χ0n) is 11.0. The number of carbonyl (C=O) groups is 1. The van der Waals surface area contributed by atoms with Crippen molar-refractivity contribution in [3.8, 4) is 6.07 Å². The number of nitriles is 1. The van der Waals surface area contributed by atoms with Crippen LogP contribution in [0.3, 0.4) is 0 Å². The second kappa shape index (κ2) is 5.80. The molecule has 0 aromatic heterocycles. The molecule has 2 aromatic carbocycles. The number of rotatable bonds is 3. The average Bonchev–Trinajstić information content (AvgIpc) is 2.40. The number of carbonyl (C=O) groups excluding carboxylic acids is 1. The Hall–Kier alpha value is -2.61. The molecule has 0 saturated carbocycles. The Morgan fingerprint density at radius 2 is 1.62 bits per heavy atom. The third-order valence-corrected chi connectivity index (χ3v) is 3.06. The van der Waals surface area contributed by atoms with Crippen molar-refractivity contribution in [3.05, 3.63) is 70.5 Å². The van der Waals surface area contributed by atoms with Gasteiger partial charge in [-0.05, 0) is 12.5 Å². The van der Waals surface area contributed by atoms with Gasteiger partial charge in [0.25, 0.3) is 0 Å². The summed E-state index contributed by atoms with van der Waals surface area (Å²) in [6.45, 7) is 1.83. The van der Waals surface area contributed by atoms with Crippen LogP contribution in [0.2, 0.25) is 0 Å². The zero-order chi connectivity index (χ0) is 15.6. The highest BCUT2D eigenvalue weighted by molar-refractivity contribution is 6.03. The van der Waals surface area contributed by atoms with Crippen LogP contribution in [0.5, 0.6) is 0 Å². The van der Waals surface area contributed by atoms with Crippen LogP contribution in [0.15, 0.2) is 36.4 Å². The maximum absolute atomic E-state index is 13.6. The Balaban J connectivity index is 2.47. The zero-order valence-corrected chi connectivity index (χ0v) is 11.0. The molecule has 5 heteroatoms. The summed E-state index contributed by atoms with van der Waals surface area (Å²) in [5.74, 6) is -6.13. The molecule has 0 fully saturated rings. The molecule has 0 spiro atoms. The van der Waals surface area contributed by atoms with Gasteiger partial charge in [0.05, 0.1) is 11.6 Å². The Morgan fingerprint density at radius 1 is 1.10 bits per heavy atom. The maximum Gasteiger partial charge on any atom is 0.190 e. The van der Waals surface area contributed by atoms with Gasteiger partial charge in [0, 0.05) is 12.1 Å². The lowest BCUT2D eigenvalue weighted by Gasteiger charge is -2.10. The van der Waals surface area contributed by atoms with Gasteiger partial charge in [-0.2, -0.15) is 5.26 Å². The van der Waals surface area contributed by atoms with Crippen molar-refractivity contribution in [2.75, 3.05) is 0 Å². The van der Waals surface area contributed by atoms with Crippen LogP contribution in [-0.2, 0) is 0 Å². The van der Waals surface area contributed by atoms with Gasteiger partial charge in [0.2, 0.25) is 0 Å². The van der Waals surface area contributed by atoms with Gasteiger partial charge in [0.1, 0.15) is 23.4 Å². The fourth-order valence-corrected chi connectivity index (χ4v) is 1.97. The molecule has 2 nitrogen and oxygen atoms in total. The van der Waals surface area contributed by atoms with E-state index in [0.717, 1.165) is 5.56 Å². The maximum atomic E-state index is 13.6. The SMILES string of the molecule is Cc1ccc(C(C#N)C(=O)c2c(F)cc(F)cc2F)cc1. The van der Waals surface area contributed by atoms with Gasteiger partial charge in [-0.15, -0.1) is 0 Å². The highest BCUT2D eigenvalue weighted by Gasteiger charge is 2.27. The van der Waals surface area contributed by atoms with E-state index >= 15 is 0 Å². The largest absolute Gasteiger partial charge is 0.292 e. The molecule has 0 heterocycles. The summed E-state index contributed by atoms with van der Waals surface area (Å²) in [6.07, 6.45) is 0. The summed E-state index contributed by atoms with van der Waals surface area (Å²) >= 11 is 0. The number of hydrogen-bond donors (Lipinski definition) is 0. The summed E-state index contributed by atoms with van der Waals surface area (Å²) in [7, 11) is 0. The first-order valence-corrected chi connectivity index (χ1v) is 6.09. The van der Waals surface area contributed by atoms with Crippen LogP contribution in [-0.4, -0.2) is 5.78 Å². The highest BCUT2D eigenvalue weighted by Crippen LogP contribution is 2.25. The third kappa shape index (κ3) is 2.95. The molecule has 0 amide bonds. The van der Waals surface area contributed by atoms with E-state index in [1.807, 2.05) is 6.92 Å². The van der Waals surface area contributed by atoms with Gasteiger partial charge in [-0.1, -0.05) is 29.8 Å². The minimum atomic E-state index is -1.35. The topological polar surface area (TPSA) is 40.9 Å². The molecule has 0 radical (unpaired) electrons. The quantitative estimate of drug-likeness (QED) is 0.804. The van der Waals surface area contributed by atoms with E-state index in [4.69, 9.17) is 5.26 Å². The second-order valence-corrected chi connectivity index (χ2v) is 4.58. The van der Waals surface area contributed by atoms with E-state index in [9.17, 15) is 18.0 Å². The van der Waals surface area contributed by atoms with Gasteiger partial charge in [-0.3, -0.25) is 4.79 Å². The first-order valence-electron chi connectivity index (χ1n) is 6.09. The minimum Gasteiger partial charge on any atom is -0.292 e. The summed E-state index contributed by atoms with van der Waals surface area (Å²) in [5, 5.41) is 9.13. The summed E-state index contributed by atoms with van der Waals surface area (Å²) in [6, 6.07) is 9.02. The number of aryl methyl sites for hydroxylation is 1. The molecule has 106 valence electrons. The van der Waals surface area contributed by atoms with Gasteiger partial charge >= 0.3 is 0 Å². The van der Waals surface area contributed by atoms with E-state index < -0.39 is 34.7 Å². The molecular weight excluding hydrogens is 279 g/mol. The van der Waals surface area contributed by atoms with Gasteiger partial charge in [-0.25, -0.2) is 13.2 Å². The first kappa shape index (κ1) is 14.8. The number of halogens is 3. The van der Waals surface area contributed by atoms with Gasteiger partial charge < -0.3 is 0 Å². The van der Waals surface area contributed by atoms with Crippen LogP contribution in [0.1, 0.15) is 27.4 Å². The molecule has 0 saturated heterocycles. The minimum absolute atomic E-state index is 0.330. The Morgan fingerprint density at radius 3 is 2.10 bits per heavy atom. The van der Waals surface area contributed by atoms with Crippen molar-refractivity contribution in [2.45, 2.75) is 12.8 Å². The molecule has 2 aromatic rings. The summed E-state index contributed by atoms with van der Waals surface area (Å²) in [4.78, 5) is 12.2. The Kier molecular flexibility index (Phi) is 4.08. The van der Waals surface area contributed by atoms with Crippen molar-refractivity contribution >= 4 is 5.78 Å². The highest BCUT2D eigenvalue weighted by atomic mass is 19.1. The van der Waals surface area contributed by atoms with E-state index in [2.05, 4.69) is 0 Å². The Bertz CT molecular complexity index is 709. The molecule has 0 N–H and O–H groups in total. The van der Waals surface area contributed by atoms with Crippen LogP contribution >= 0.6 is 0 Å². The van der Waals surface area contributed by atoms with Crippen molar-refractivity contribution in [2.24, 2.45) is 0 Å². The molecule has 21 heavy (non-hydrogen) atoms. The molecule has 0 bridgehead atoms. The first-order chi connectivity index (χ1) is 9.93. The molecule has 1 unspecified atom stereocenters. The smallest absolute Gasteiger partial charge is 0.190 e. The summed E-state index contributed by atoms with van der Waals surface area (Å²) < 4.78 is 40.1. The average molecular weight is 289 g/mol. The number of benzene rings is 2. The monoisotopic (exact) mass is 289 g/mol. The van der Waals surface area contributed by atoms with Crippen molar-refractivity contribution < 1.29 is 18.0 Å². The van der Waals surface area contributed by atoms with Crippen molar-refractivity contribution in [1.82, 2.24) is 0 Å². The van der Waals surface area contributed by atoms with Crippen LogP contribution in [0.4, 0.5) is 13.2 Å². The van der Waals surface area contributed by atoms with Crippen LogP contribution < -0.4 is 0 Å². The number of nitrogens with zero attached hydrogens (tertiary/aromatic N) is 1. The summed E-state index contributed by atoms with van der Waals surface area (Å²) in [5.41, 5.74) is 0.349. The normalized spacial score (nSPS) is 11.8. The molecule has 0 aliphatic heterocycles. The number of hydrogen-bond acceptors (Lipinski definition) is 2. The predicted octanol–water partition coefficient (Wildman–Crippen LogP) is 3.90. The lowest BCUT2D eigenvalue weighted by Crippen LogP contribution is -2.15. The molecule has 2 rings (SSSR count). The number of Topliss-reactive ketones (excluding diaryl/α,β-unsaturated/α-hetero) is 1. The predicted molar refractivity (Wildman–Crippen MR) is 70.2 cm³/mol. The van der Waals surface area contributed by atoms with Crippen LogP contribution in [0, 0.1) is 35.7 Å².